The predicted molar refractivity (Wildman–Crippen MR) is 196 cm³/mol. The minimum atomic E-state index is -4.49. The molecule has 276 valence electrons. The van der Waals surface area contributed by atoms with Crippen LogP contribution in [0, 0.1) is 12.3 Å². The van der Waals surface area contributed by atoms with Crippen LogP contribution in [-0.4, -0.2) is 72.9 Å². The van der Waals surface area contributed by atoms with Crippen molar-refractivity contribution in [1.82, 2.24) is 15.1 Å². The summed E-state index contributed by atoms with van der Waals surface area (Å²) in [5.41, 5.74) is 4.81. The molecular formula is C42H43F3N4O4. The van der Waals surface area contributed by atoms with E-state index in [9.17, 15) is 27.6 Å². The van der Waals surface area contributed by atoms with Gasteiger partial charge in [0.25, 0.3) is 5.91 Å². The van der Waals surface area contributed by atoms with Gasteiger partial charge in [-0.15, -0.1) is 6.42 Å². The van der Waals surface area contributed by atoms with Crippen LogP contribution in [0.3, 0.4) is 0 Å². The number of terminal acetylenes is 1. The van der Waals surface area contributed by atoms with Crippen LogP contribution in [0.2, 0.25) is 0 Å². The first-order valence-corrected chi connectivity index (χ1v) is 18.4. The summed E-state index contributed by atoms with van der Waals surface area (Å²) in [5, 5.41) is 2.36. The highest BCUT2D eigenvalue weighted by atomic mass is 19.4. The molecule has 3 amide bonds. The Balaban J connectivity index is 0.817. The molecule has 0 aliphatic carbocycles. The third-order valence-electron chi connectivity index (χ3n) is 11.0. The Kier molecular flexibility index (Phi) is 10.6. The lowest BCUT2D eigenvalue weighted by atomic mass is 9.89. The molecule has 4 aliphatic rings. The second kappa shape index (κ2) is 15.5. The molecule has 4 heterocycles. The summed E-state index contributed by atoms with van der Waals surface area (Å²) in [5.74, 6) is 2.48. The number of benzene rings is 3. The lowest BCUT2D eigenvalue weighted by Gasteiger charge is -2.34. The van der Waals surface area contributed by atoms with Crippen molar-refractivity contribution in [2.24, 2.45) is 0 Å². The minimum absolute atomic E-state index is 0.134. The quantitative estimate of drug-likeness (QED) is 0.141. The number of imide groups is 1. The van der Waals surface area contributed by atoms with Gasteiger partial charge in [-0.2, -0.15) is 13.2 Å². The molecule has 2 fully saturated rings. The van der Waals surface area contributed by atoms with Crippen molar-refractivity contribution >= 4 is 29.0 Å². The predicted octanol–water partition coefficient (Wildman–Crippen LogP) is 6.78. The van der Waals surface area contributed by atoms with Crippen LogP contribution in [0.5, 0.6) is 5.75 Å². The van der Waals surface area contributed by atoms with E-state index in [4.69, 9.17) is 11.2 Å². The molecule has 0 radical (unpaired) electrons. The number of anilines is 1. The Labute approximate surface area is 308 Å². The van der Waals surface area contributed by atoms with E-state index in [2.05, 4.69) is 40.4 Å². The number of rotatable bonds is 10. The number of alkyl halides is 3. The number of nitrogens with zero attached hydrogens (tertiary/aromatic N) is 3. The molecule has 1 atom stereocenters. The van der Waals surface area contributed by atoms with Gasteiger partial charge < -0.3 is 14.5 Å². The number of piperidine rings is 2. The maximum absolute atomic E-state index is 13.5. The largest absolute Gasteiger partial charge is 0.494 e. The highest BCUT2D eigenvalue weighted by molar-refractivity contribution is 6.05. The molecule has 53 heavy (non-hydrogen) atoms. The van der Waals surface area contributed by atoms with Gasteiger partial charge >= 0.3 is 6.18 Å². The summed E-state index contributed by atoms with van der Waals surface area (Å²) in [7, 11) is 0. The standard InChI is InChI=1S/C42H43F3N4O4/c1-2-28-5-9-34(26-37(28)42(43,44)45)48-22-17-30(18-23-48)29-6-10-35(11-7-29)53-24-4-3-19-47-20-15-31(16-21-47)32-8-12-36-33(25-32)27-49(41(36)52)38-13-14-39(50)46-40(38)51/h1,5-12,15,25-26,30,38H,3-4,13-14,16-24,27H2,(H,46,50,51). The van der Waals surface area contributed by atoms with Crippen LogP contribution < -0.4 is 15.0 Å². The van der Waals surface area contributed by atoms with Gasteiger partial charge in [0, 0.05) is 56.0 Å². The zero-order valence-corrected chi connectivity index (χ0v) is 29.6. The van der Waals surface area contributed by atoms with E-state index in [-0.39, 0.29) is 23.8 Å². The Morgan fingerprint density at radius 3 is 2.40 bits per heavy atom. The van der Waals surface area contributed by atoms with E-state index < -0.39 is 23.7 Å². The van der Waals surface area contributed by atoms with Crippen molar-refractivity contribution in [3.05, 3.63) is 100 Å². The fourth-order valence-electron chi connectivity index (χ4n) is 7.97. The van der Waals surface area contributed by atoms with Crippen LogP contribution in [-0.2, 0) is 22.3 Å². The van der Waals surface area contributed by atoms with Crippen molar-refractivity contribution in [2.75, 3.05) is 44.2 Å². The fraction of sp³-hybridized carbons (Fsp3) is 0.405. The summed E-state index contributed by atoms with van der Waals surface area (Å²) < 4.78 is 46.5. The van der Waals surface area contributed by atoms with Gasteiger partial charge in [0.2, 0.25) is 11.8 Å². The summed E-state index contributed by atoms with van der Waals surface area (Å²) in [6, 6.07) is 17.8. The third kappa shape index (κ3) is 8.13. The Morgan fingerprint density at radius 2 is 1.70 bits per heavy atom. The van der Waals surface area contributed by atoms with E-state index in [1.165, 1.54) is 23.3 Å². The Bertz CT molecular complexity index is 1940. The molecule has 1 unspecified atom stereocenters. The van der Waals surface area contributed by atoms with Crippen molar-refractivity contribution in [3.63, 3.8) is 0 Å². The number of hydrogen-bond donors (Lipinski definition) is 1. The van der Waals surface area contributed by atoms with E-state index in [0.29, 0.717) is 49.8 Å². The fourth-order valence-corrected chi connectivity index (χ4v) is 7.97. The average Bonchev–Trinajstić information content (AvgIpc) is 3.49. The van der Waals surface area contributed by atoms with Gasteiger partial charge in [0.05, 0.1) is 12.2 Å². The van der Waals surface area contributed by atoms with Gasteiger partial charge in [0.1, 0.15) is 11.8 Å². The molecule has 3 aromatic carbocycles. The zero-order chi connectivity index (χ0) is 37.1. The number of nitrogens with one attached hydrogen (secondary N) is 1. The monoisotopic (exact) mass is 724 g/mol. The van der Waals surface area contributed by atoms with Gasteiger partial charge in [-0.3, -0.25) is 24.6 Å². The number of unbranched alkanes of at least 4 members (excludes halogenated alkanes) is 1. The molecule has 7 rings (SSSR count). The average molecular weight is 725 g/mol. The van der Waals surface area contributed by atoms with E-state index in [1.807, 2.05) is 29.2 Å². The van der Waals surface area contributed by atoms with Crippen LogP contribution in [0.25, 0.3) is 5.57 Å². The molecule has 3 aromatic rings. The smallest absolute Gasteiger partial charge is 0.417 e. The molecule has 11 heteroatoms. The van der Waals surface area contributed by atoms with Crippen LogP contribution >= 0.6 is 0 Å². The lowest BCUT2D eigenvalue weighted by molar-refractivity contribution is -0.138. The molecule has 1 N–H and O–H groups in total. The number of halogens is 3. The van der Waals surface area contributed by atoms with E-state index in [0.717, 1.165) is 68.6 Å². The van der Waals surface area contributed by atoms with E-state index >= 15 is 0 Å². The first-order chi connectivity index (χ1) is 25.6. The number of ether oxygens (including phenoxy) is 1. The summed E-state index contributed by atoms with van der Waals surface area (Å²) in [4.78, 5) is 43.0. The maximum Gasteiger partial charge on any atom is 0.417 e. The first-order valence-electron chi connectivity index (χ1n) is 18.4. The SMILES string of the molecule is C#Cc1ccc(N2CCC(c3ccc(OCCCCN4CC=C(c5ccc6c(c5)CN(C5CCC(=O)NC5=O)C6=O)CC4)cc3)CC2)cc1C(F)(F)F. The Hall–Kier alpha value is -5.08. The number of carbonyl (C=O) groups excluding carboxylic acids is 3. The van der Waals surface area contributed by atoms with Crippen LogP contribution in [0.4, 0.5) is 18.9 Å². The van der Waals surface area contributed by atoms with E-state index in [1.54, 1.807) is 11.0 Å². The maximum atomic E-state index is 13.5. The van der Waals surface area contributed by atoms with Gasteiger partial charge in [0.15, 0.2) is 0 Å². The first kappa shape index (κ1) is 36.3. The normalized spacial score (nSPS) is 19.8. The van der Waals surface area contributed by atoms with Crippen molar-refractivity contribution in [3.8, 4) is 18.1 Å². The lowest BCUT2D eigenvalue weighted by Crippen LogP contribution is -2.52. The summed E-state index contributed by atoms with van der Waals surface area (Å²) in [6.07, 6.45) is 8.26. The van der Waals surface area contributed by atoms with Crippen molar-refractivity contribution in [1.29, 1.82) is 0 Å². The van der Waals surface area contributed by atoms with Crippen molar-refractivity contribution < 1.29 is 32.3 Å². The highest BCUT2D eigenvalue weighted by Gasteiger charge is 2.39. The van der Waals surface area contributed by atoms with Gasteiger partial charge in [-0.1, -0.05) is 30.2 Å². The molecule has 4 aliphatic heterocycles. The van der Waals surface area contributed by atoms with Crippen molar-refractivity contribution in [2.45, 2.75) is 69.6 Å². The highest BCUT2D eigenvalue weighted by Crippen LogP contribution is 2.37. The topological polar surface area (TPSA) is 82.2 Å². The number of fused-ring (bicyclic) bond motifs is 1. The number of hydrogen-bond acceptors (Lipinski definition) is 6. The van der Waals surface area contributed by atoms with Crippen LogP contribution in [0.15, 0.2) is 66.7 Å². The zero-order valence-electron chi connectivity index (χ0n) is 29.6. The molecule has 2 saturated heterocycles. The second-order valence-corrected chi connectivity index (χ2v) is 14.3. The summed E-state index contributed by atoms with van der Waals surface area (Å²) >= 11 is 0. The molecular weight excluding hydrogens is 681 g/mol. The number of carbonyl (C=O) groups is 3. The molecule has 0 aromatic heterocycles. The summed E-state index contributed by atoms with van der Waals surface area (Å²) in [6.45, 7) is 5.16. The molecule has 0 bridgehead atoms. The van der Waals surface area contributed by atoms with Crippen LogP contribution in [0.1, 0.15) is 89.0 Å². The second-order valence-electron chi connectivity index (χ2n) is 14.3. The molecule has 0 saturated carbocycles. The molecule has 0 spiro atoms. The third-order valence-corrected chi connectivity index (χ3v) is 11.0. The molecule has 8 nitrogen and oxygen atoms in total. The van der Waals surface area contributed by atoms with Gasteiger partial charge in [-0.25, -0.2) is 0 Å². The van der Waals surface area contributed by atoms with Gasteiger partial charge in [-0.05, 0) is 116 Å². The minimum Gasteiger partial charge on any atom is -0.494 e. The Morgan fingerprint density at radius 1 is 0.906 bits per heavy atom. The number of amides is 3.